The zero-order chi connectivity index (χ0) is 14.2. The van der Waals surface area contributed by atoms with Crippen molar-refractivity contribution in [1.82, 2.24) is 5.32 Å². The van der Waals surface area contributed by atoms with Gasteiger partial charge in [-0.3, -0.25) is 0 Å². The van der Waals surface area contributed by atoms with E-state index in [2.05, 4.69) is 56.5 Å². The summed E-state index contributed by atoms with van der Waals surface area (Å²) in [6, 6.07) is 11.2. The van der Waals surface area contributed by atoms with Crippen LogP contribution in [0.15, 0.2) is 30.3 Å². The van der Waals surface area contributed by atoms with E-state index in [1.807, 2.05) is 0 Å². The topological polar surface area (TPSA) is 12.0 Å². The summed E-state index contributed by atoms with van der Waals surface area (Å²) >= 11 is 0. The number of rotatable bonds is 4. The van der Waals surface area contributed by atoms with E-state index in [0.29, 0.717) is 5.41 Å². The van der Waals surface area contributed by atoms with Gasteiger partial charge in [0.15, 0.2) is 0 Å². The number of hydrogen-bond acceptors (Lipinski definition) is 1. The van der Waals surface area contributed by atoms with Crippen molar-refractivity contribution in [2.75, 3.05) is 13.6 Å². The first-order valence-corrected chi connectivity index (χ1v) is 8.30. The standard InChI is InChI=1S/C19H29N/c1-19(2)10-9-15(13-20-3)18(12-19)17-11-16(17)14-7-5-4-6-8-14/h4-8,15-18,20H,9-13H2,1-3H3. The van der Waals surface area contributed by atoms with E-state index in [9.17, 15) is 0 Å². The lowest BCUT2D eigenvalue weighted by molar-refractivity contribution is 0.101. The molecule has 4 unspecified atom stereocenters. The van der Waals surface area contributed by atoms with Crippen molar-refractivity contribution in [1.29, 1.82) is 0 Å². The molecule has 0 amide bonds. The Balaban J connectivity index is 1.71. The van der Waals surface area contributed by atoms with Crippen LogP contribution in [0.5, 0.6) is 0 Å². The summed E-state index contributed by atoms with van der Waals surface area (Å²) < 4.78 is 0. The Labute approximate surface area is 124 Å². The highest BCUT2D eigenvalue weighted by atomic mass is 14.8. The van der Waals surface area contributed by atoms with Gasteiger partial charge in [-0.15, -0.1) is 0 Å². The molecule has 1 aromatic rings. The summed E-state index contributed by atoms with van der Waals surface area (Å²) in [5.41, 5.74) is 2.13. The maximum absolute atomic E-state index is 3.43. The molecule has 1 nitrogen and oxygen atoms in total. The summed E-state index contributed by atoms with van der Waals surface area (Å²) in [7, 11) is 2.11. The SMILES string of the molecule is CNCC1CCC(C)(C)CC1C1CC1c1ccccc1. The van der Waals surface area contributed by atoms with E-state index in [-0.39, 0.29) is 0 Å². The van der Waals surface area contributed by atoms with Gasteiger partial charge in [0.1, 0.15) is 0 Å². The van der Waals surface area contributed by atoms with Gasteiger partial charge in [-0.05, 0) is 73.9 Å². The van der Waals surface area contributed by atoms with Crippen LogP contribution in [-0.4, -0.2) is 13.6 Å². The molecule has 2 saturated carbocycles. The molecule has 1 heteroatoms. The minimum Gasteiger partial charge on any atom is -0.319 e. The van der Waals surface area contributed by atoms with Gasteiger partial charge in [0.05, 0.1) is 0 Å². The molecule has 0 aromatic heterocycles. The first-order valence-electron chi connectivity index (χ1n) is 8.30. The molecule has 0 spiro atoms. The second-order valence-electron chi connectivity index (χ2n) is 7.81. The van der Waals surface area contributed by atoms with Crippen LogP contribution < -0.4 is 5.32 Å². The molecule has 0 bridgehead atoms. The second kappa shape index (κ2) is 5.52. The Hall–Kier alpha value is -0.820. The molecule has 0 radical (unpaired) electrons. The zero-order valence-electron chi connectivity index (χ0n) is 13.2. The van der Waals surface area contributed by atoms with Crippen LogP contribution >= 0.6 is 0 Å². The lowest BCUT2D eigenvalue weighted by Crippen LogP contribution is -2.36. The molecule has 0 saturated heterocycles. The molecule has 20 heavy (non-hydrogen) atoms. The van der Waals surface area contributed by atoms with Crippen LogP contribution in [0.25, 0.3) is 0 Å². The number of hydrogen-bond donors (Lipinski definition) is 1. The first-order chi connectivity index (χ1) is 9.61. The zero-order valence-corrected chi connectivity index (χ0v) is 13.2. The first kappa shape index (κ1) is 14.1. The van der Waals surface area contributed by atoms with Crippen molar-refractivity contribution in [2.45, 2.75) is 45.4 Å². The van der Waals surface area contributed by atoms with Crippen molar-refractivity contribution < 1.29 is 0 Å². The molecule has 2 aliphatic rings. The van der Waals surface area contributed by atoms with Gasteiger partial charge in [-0.2, -0.15) is 0 Å². The largest absolute Gasteiger partial charge is 0.319 e. The van der Waals surface area contributed by atoms with Gasteiger partial charge in [-0.25, -0.2) is 0 Å². The normalized spacial score (nSPS) is 35.8. The van der Waals surface area contributed by atoms with E-state index in [4.69, 9.17) is 0 Å². The summed E-state index contributed by atoms with van der Waals surface area (Å²) in [4.78, 5) is 0. The predicted molar refractivity (Wildman–Crippen MR) is 85.8 cm³/mol. The fourth-order valence-corrected chi connectivity index (χ4v) is 4.48. The third-order valence-corrected chi connectivity index (χ3v) is 5.67. The van der Waals surface area contributed by atoms with E-state index in [0.717, 1.165) is 23.7 Å². The molecule has 1 aromatic carbocycles. The summed E-state index contributed by atoms with van der Waals surface area (Å²) in [6.45, 7) is 6.14. The quantitative estimate of drug-likeness (QED) is 0.853. The highest BCUT2D eigenvalue weighted by Crippen LogP contribution is 2.58. The van der Waals surface area contributed by atoms with Gasteiger partial charge in [0, 0.05) is 0 Å². The Morgan fingerprint density at radius 2 is 1.90 bits per heavy atom. The third-order valence-electron chi connectivity index (χ3n) is 5.67. The van der Waals surface area contributed by atoms with Crippen molar-refractivity contribution in [3.8, 4) is 0 Å². The highest BCUT2D eigenvalue weighted by molar-refractivity contribution is 5.26. The molecule has 0 heterocycles. The molecular weight excluding hydrogens is 242 g/mol. The average molecular weight is 271 g/mol. The Morgan fingerprint density at radius 1 is 1.15 bits per heavy atom. The molecule has 3 rings (SSSR count). The average Bonchev–Trinajstić information content (AvgIpc) is 3.22. The van der Waals surface area contributed by atoms with Gasteiger partial charge in [0.25, 0.3) is 0 Å². The monoisotopic (exact) mass is 271 g/mol. The number of nitrogens with one attached hydrogen (secondary N) is 1. The molecule has 110 valence electrons. The van der Waals surface area contributed by atoms with E-state index in [1.165, 1.54) is 32.2 Å². The molecule has 2 fully saturated rings. The van der Waals surface area contributed by atoms with Crippen LogP contribution in [0.1, 0.15) is 51.0 Å². The smallest absolute Gasteiger partial charge is 0.00208 e. The Kier molecular flexibility index (Phi) is 3.90. The van der Waals surface area contributed by atoms with Gasteiger partial charge in [0.2, 0.25) is 0 Å². The second-order valence-corrected chi connectivity index (χ2v) is 7.81. The minimum absolute atomic E-state index is 0.554. The van der Waals surface area contributed by atoms with Crippen molar-refractivity contribution in [2.24, 2.45) is 23.2 Å². The molecule has 2 aliphatic carbocycles. The van der Waals surface area contributed by atoms with E-state index >= 15 is 0 Å². The fraction of sp³-hybridized carbons (Fsp3) is 0.684. The fourth-order valence-electron chi connectivity index (χ4n) is 4.48. The number of benzene rings is 1. The van der Waals surface area contributed by atoms with Gasteiger partial charge < -0.3 is 5.32 Å². The van der Waals surface area contributed by atoms with E-state index < -0.39 is 0 Å². The summed E-state index contributed by atoms with van der Waals surface area (Å²) in [5, 5.41) is 3.43. The van der Waals surface area contributed by atoms with Crippen molar-refractivity contribution in [3.63, 3.8) is 0 Å². The Morgan fingerprint density at radius 3 is 2.60 bits per heavy atom. The summed E-state index contributed by atoms with van der Waals surface area (Å²) in [6.07, 6.45) is 5.66. The third kappa shape index (κ3) is 2.93. The highest BCUT2D eigenvalue weighted by Gasteiger charge is 2.49. The molecule has 4 atom stereocenters. The predicted octanol–water partition coefficient (Wildman–Crippen LogP) is 4.45. The van der Waals surface area contributed by atoms with Crippen LogP contribution in [0.3, 0.4) is 0 Å². The molecule has 1 N–H and O–H groups in total. The van der Waals surface area contributed by atoms with Crippen molar-refractivity contribution in [3.05, 3.63) is 35.9 Å². The van der Waals surface area contributed by atoms with Gasteiger partial charge in [-0.1, -0.05) is 44.2 Å². The minimum atomic E-state index is 0.554. The van der Waals surface area contributed by atoms with Crippen LogP contribution in [-0.2, 0) is 0 Å². The lowest BCUT2D eigenvalue weighted by Gasteiger charge is -2.41. The van der Waals surface area contributed by atoms with Crippen LogP contribution in [0.4, 0.5) is 0 Å². The van der Waals surface area contributed by atoms with Crippen LogP contribution in [0.2, 0.25) is 0 Å². The maximum Gasteiger partial charge on any atom is -0.00208 e. The van der Waals surface area contributed by atoms with Crippen LogP contribution in [0, 0.1) is 23.2 Å². The molecular formula is C19H29N. The Bertz CT molecular complexity index is 436. The molecule has 0 aliphatic heterocycles. The van der Waals surface area contributed by atoms with Crippen molar-refractivity contribution >= 4 is 0 Å². The maximum atomic E-state index is 3.43. The van der Waals surface area contributed by atoms with Gasteiger partial charge >= 0.3 is 0 Å². The summed E-state index contributed by atoms with van der Waals surface area (Å²) in [5.74, 6) is 3.60. The van der Waals surface area contributed by atoms with E-state index in [1.54, 1.807) is 5.56 Å². The lowest BCUT2D eigenvalue weighted by atomic mass is 9.65.